The minimum atomic E-state index is 0.713. The van der Waals surface area contributed by atoms with E-state index < -0.39 is 0 Å². The van der Waals surface area contributed by atoms with Crippen LogP contribution in [0.3, 0.4) is 0 Å². The van der Waals surface area contributed by atoms with Crippen LogP contribution in [0.15, 0.2) is 36.4 Å². The average molecular weight is 242 g/mol. The van der Waals surface area contributed by atoms with E-state index in [1.54, 1.807) is 0 Å². The Morgan fingerprint density at radius 2 is 1.94 bits per heavy atom. The SMILES string of the molecule is CCCOc1ccccc1-c1ccc(N)c(C)n1. The first-order valence-corrected chi connectivity index (χ1v) is 6.17. The van der Waals surface area contributed by atoms with E-state index in [1.165, 1.54) is 0 Å². The van der Waals surface area contributed by atoms with E-state index in [9.17, 15) is 0 Å². The molecule has 0 aliphatic heterocycles. The third-order valence-electron chi connectivity index (χ3n) is 2.75. The molecule has 1 aromatic heterocycles. The second kappa shape index (κ2) is 5.54. The zero-order valence-corrected chi connectivity index (χ0v) is 10.8. The van der Waals surface area contributed by atoms with Crippen LogP contribution in [0.5, 0.6) is 5.75 Å². The van der Waals surface area contributed by atoms with Crippen molar-refractivity contribution in [3.05, 3.63) is 42.1 Å². The number of benzene rings is 1. The van der Waals surface area contributed by atoms with Gasteiger partial charge < -0.3 is 10.5 Å². The van der Waals surface area contributed by atoms with Gasteiger partial charge in [-0.05, 0) is 37.6 Å². The molecule has 0 fully saturated rings. The number of hydrogen-bond donors (Lipinski definition) is 1. The van der Waals surface area contributed by atoms with E-state index in [4.69, 9.17) is 10.5 Å². The summed E-state index contributed by atoms with van der Waals surface area (Å²) < 4.78 is 5.74. The smallest absolute Gasteiger partial charge is 0.128 e. The van der Waals surface area contributed by atoms with Gasteiger partial charge in [0.15, 0.2) is 0 Å². The second-order valence-corrected chi connectivity index (χ2v) is 4.22. The molecule has 0 atom stereocenters. The van der Waals surface area contributed by atoms with Crippen molar-refractivity contribution in [3.8, 4) is 17.0 Å². The number of para-hydroxylation sites is 1. The summed E-state index contributed by atoms with van der Waals surface area (Å²) in [5, 5.41) is 0. The standard InChI is InChI=1S/C15H18N2O/c1-3-10-18-15-7-5-4-6-12(15)14-9-8-13(16)11(2)17-14/h4-9H,3,10,16H2,1-2H3. The van der Waals surface area contributed by atoms with Crippen molar-refractivity contribution in [1.29, 1.82) is 0 Å². The van der Waals surface area contributed by atoms with Crippen LogP contribution in [0.25, 0.3) is 11.3 Å². The fourth-order valence-electron chi connectivity index (χ4n) is 1.74. The van der Waals surface area contributed by atoms with Gasteiger partial charge in [-0.25, -0.2) is 0 Å². The highest BCUT2D eigenvalue weighted by Gasteiger charge is 2.07. The van der Waals surface area contributed by atoms with Crippen LogP contribution in [0.2, 0.25) is 0 Å². The van der Waals surface area contributed by atoms with Gasteiger partial charge in [-0.2, -0.15) is 0 Å². The molecule has 94 valence electrons. The number of aryl methyl sites for hydroxylation is 1. The van der Waals surface area contributed by atoms with Crippen LogP contribution in [-0.4, -0.2) is 11.6 Å². The Kier molecular flexibility index (Phi) is 3.82. The summed E-state index contributed by atoms with van der Waals surface area (Å²) in [6.45, 7) is 4.72. The lowest BCUT2D eigenvalue weighted by atomic mass is 10.1. The van der Waals surface area contributed by atoms with E-state index >= 15 is 0 Å². The van der Waals surface area contributed by atoms with E-state index in [1.807, 2.05) is 43.3 Å². The largest absolute Gasteiger partial charge is 0.493 e. The molecule has 2 rings (SSSR count). The van der Waals surface area contributed by atoms with Crippen molar-refractivity contribution >= 4 is 5.69 Å². The minimum absolute atomic E-state index is 0.713. The molecule has 0 saturated heterocycles. The maximum atomic E-state index is 5.79. The molecule has 0 bridgehead atoms. The quantitative estimate of drug-likeness (QED) is 0.893. The molecular formula is C15H18N2O. The first-order valence-electron chi connectivity index (χ1n) is 6.17. The highest BCUT2D eigenvalue weighted by Crippen LogP contribution is 2.29. The molecule has 0 aliphatic rings. The highest BCUT2D eigenvalue weighted by atomic mass is 16.5. The van der Waals surface area contributed by atoms with Crippen molar-refractivity contribution in [3.63, 3.8) is 0 Å². The Hall–Kier alpha value is -2.03. The van der Waals surface area contributed by atoms with Crippen LogP contribution in [0.1, 0.15) is 19.0 Å². The van der Waals surface area contributed by atoms with Crippen LogP contribution in [0.4, 0.5) is 5.69 Å². The van der Waals surface area contributed by atoms with Crippen LogP contribution < -0.4 is 10.5 Å². The molecule has 0 amide bonds. The van der Waals surface area contributed by atoms with Gasteiger partial charge in [0.2, 0.25) is 0 Å². The van der Waals surface area contributed by atoms with Crippen molar-refractivity contribution in [1.82, 2.24) is 4.98 Å². The zero-order valence-electron chi connectivity index (χ0n) is 10.8. The number of nitrogen functional groups attached to an aromatic ring is 1. The molecule has 0 unspecified atom stereocenters. The molecule has 1 aromatic carbocycles. The van der Waals surface area contributed by atoms with Gasteiger partial charge in [0.25, 0.3) is 0 Å². The number of anilines is 1. The zero-order chi connectivity index (χ0) is 13.0. The topological polar surface area (TPSA) is 48.1 Å². The number of ether oxygens (including phenoxy) is 1. The van der Waals surface area contributed by atoms with Crippen molar-refractivity contribution < 1.29 is 4.74 Å². The normalized spacial score (nSPS) is 10.3. The predicted molar refractivity (Wildman–Crippen MR) is 74.6 cm³/mol. The van der Waals surface area contributed by atoms with Gasteiger partial charge in [0.1, 0.15) is 5.75 Å². The summed E-state index contributed by atoms with van der Waals surface area (Å²) in [6.07, 6.45) is 0.989. The van der Waals surface area contributed by atoms with Gasteiger partial charge in [-0.15, -0.1) is 0 Å². The van der Waals surface area contributed by atoms with Crippen LogP contribution in [-0.2, 0) is 0 Å². The molecule has 2 aromatic rings. The first-order chi connectivity index (χ1) is 8.72. The van der Waals surface area contributed by atoms with E-state index in [0.717, 1.165) is 29.1 Å². The minimum Gasteiger partial charge on any atom is -0.493 e. The highest BCUT2D eigenvalue weighted by molar-refractivity contribution is 5.68. The lowest BCUT2D eigenvalue weighted by molar-refractivity contribution is 0.318. The van der Waals surface area contributed by atoms with Gasteiger partial charge in [0, 0.05) is 5.56 Å². The molecule has 3 heteroatoms. The number of pyridine rings is 1. The van der Waals surface area contributed by atoms with Gasteiger partial charge >= 0.3 is 0 Å². The van der Waals surface area contributed by atoms with Gasteiger partial charge in [-0.3, -0.25) is 4.98 Å². The van der Waals surface area contributed by atoms with Crippen molar-refractivity contribution in [2.45, 2.75) is 20.3 Å². The monoisotopic (exact) mass is 242 g/mol. The van der Waals surface area contributed by atoms with Crippen molar-refractivity contribution in [2.24, 2.45) is 0 Å². The number of rotatable bonds is 4. The summed E-state index contributed by atoms with van der Waals surface area (Å²) in [6, 6.07) is 11.8. The summed E-state index contributed by atoms with van der Waals surface area (Å²) in [5.41, 5.74) is 9.26. The Morgan fingerprint density at radius 3 is 2.67 bits per heavy atom. The first kappa shape index (κ1) is 12.4. The van der Waals surface area contributed by atoms with Crippen LogP contribution >= 0.6 is 0 Å². The number of hydrogen-bond acceptors (Lipinski definition) is 3. The lowest BCUT2D eigenvalue weighted by Gasteiger charge is -2.11. The molecule has 0 saturated carbocycles. The van der Waals surface area contributed by atoms with Crippen molar-refractivity contribution in [2.75, 3.05) is 12.3 Å². The maximum Gasteiger partial charge on any atom is 0.128 e. The molecule has 18 heavy (non-hydrogen) atoms. The summed E-state index contributed by atoms with van der Waals surface area (Å²) in [5.74, 6) is 0.871. The van der Waals surface area contributed by atoms with Gasteiger partial charge in [-0.1, -0.05) is 19.1 Å². The summed E-state index contributed by atoms with van der Waals surface area (Å²) >= 11 is 0. The van der Waals surface area contributed by atoms with E-state index in [-0.39, 0.29) is 0 Å². The number of nitrogens with zero attached hydrogens (tertiary/aromatic N) is 1. The average Bonchev–Trinajstić information content (AvgIpc) is 2.40. The third kappa shape index (κ3) is 2.62. The molecule has 0 radical (unpaired) electrons. The second-order valence-electron chi connectivity index (χ2n) is 4.22. The molecule has 3 nitrogen and oxygen atoms in total. The predicted octanol–water partition coefficient (Wildman–Crippen LogP) is 3.43. The van der Waals surface area contributed by atoms with E-state index in [0.29, 0.717) is 12.3 Å². The Bertz CT molecular complexity index is 538. The third-order valence-corrected chi connectivity index (χ3v) is 2.75. The fraction of sp³-hybridized carbons (Fsp3) is 0.267. The van der Waals surface area contributed by atoms with Crippen LogP contribution in [0, 0.1) is 6.92 Å². The molecule has 0 spiro atoms. The van der Waals surface area contributed by atoms with Gasteiger partial charge in [0.05, 0.1) is 23.7 Å². The molecule has 2 N–H and O–H groups in total. The Labute approximate surface area is 108 Å². The Morgan fingerprint density at radius 1 is 1.17 bits per heavy atom. The molecule has 0 aliphatic carbocycles. The number of aromatic nitrogens is 1. The summed E-state index contributed by atoms with van der Waals surface area (Å²) in [7, 11) is 0. The number of nitrogens with two attached hydrogens (primary N) is 1. The summed E-state index contributed by atoms with van der Waals surface area (Å²) in [4.78, 5) is 4.51. The Balaban J connectivity index is 2.39. The molecular weight excluding hydrogens is 224 g/mol. The fourth-order valence-corrected chi connectivity index (χ4v) is 1.74. The lowest BCUT2D eigenvalue weighted by Crippen LogP contribution is -1.99. The van der Waals surface area contributed by atoms with E-state index in [2.05, 4.69) is 11.9 Å². The molecule has 1 heterocycles. The maximum absolute atomic E-state index is 5.79.